The molecule has 27 heavy (non-hydrogen) atoms. The normalized spacial score (nSPS) is 20.2. The summed E-state index contributed by atoms with van der Waals surface area (Å²) in [7, 11) is 1.58. The molecule has 4 rings (SSSR count). The van der Waals surface area contributed by atoms with Crippen molar-refractivity contribution in [3.63, 3.8) is 0 Å². The van der Waals surface area contributed by atoms with Crippen molar-refractivity contribution in [2.75, 3.05) is 26.7 Å². The molecule has 1 fully saturated rings. The van der Waals surface area contributed by atoms with E-state index in [2.05, 4.69) is 16.7 Å². The number of nitrogens with one attached hydrogen (secondary N) is 2. The number of carbonyl (C=O) groups is 1. The molecule has 2 N–H and O–H groups in total. The summed E-state index contributed by atoms with van der Waals surface area (Å²) in [5.41, 5.74) is 3.12. The van der Waals surface area contributed by atoms with E-state index in [0.717, 1.165) is 42.9 Å². The lowest BCUT2D eigenvalue weighted by Gasteiger charge is -2.37. The van der Waals surface area contributed by atoms with Gasteiger partial charge in [0.25, 0.3) is 11.5 Å². The van der Waals surface area contributed by atoms with E-state index in [-0.39, 0.29) is 30.5 Å². The summed E-state index contributed by atoms with van der Waals surface area (Å²) in [6.45, 7) is 2.74. The molecular formula is C20H24ClN3O3. The Balaban J connectivity index is 0.00000210. The standard InChI is InChI=1S/C20H23N3O3.ClH/c1-21-19(24)12-26-17-4-2-14(3-5-17)15-7-18-16-6-13(9-22-10-16)11-23(18)20(25)8-15;/h2-5,7-8,13,16,22H,6,9-12H2,1H3,(H,21,24);1H/t13-,16+;/m0./s1. The molecule has 3 heterocycles. The van der Waals surface area contributed by atoms with E-state index in [4.69, 9.17) is 4.74 Å². The van der Waals surface area contributed by atoms with E-state index in [9.17, 15) is 9.59 Å². The van der Waals surface area contributed by atoms with Gasteiger partial charge in [-0.15, -0.1) is 12.4 Å². The number of pyridine rings is 1. The van der Waals surface area contributed by atoms with E-state index in [1.807, 2.05) is 28.8 Å². The van der Waals surface area contributed by atoms with Gasteiger partial charge in [-0.05, 0) is 48.2 Å². The molecule has 0 spiro atoms. The van der Waals surface area contributed by atoms with Crippen LogP contribution in [0.3, 0.4) is 0 Å². The smallest absolute Gasteiger partial charge is 0.257 e. The fourth-order valence-corrected chi connectivity index (χ4v) is 3.94. The summed E-state index contributed by atoms with van der Waals surface area (Å²) >= 11 is 0. The molecule has 0 unspecified atom stereocenters. The average molecular weight is 390 g/mol. The number of benzene rings is 1. The Morgan fingerprint density at radius 1 is 1.22 bits per heavy atom. The fourth-order valence-electron chi connectivity index (χ4n) is 3.94. The van der Waals surface area contributed by atoms with Gasteiger partial charge >= 0.3 is 0 Å². The van der Waals surface area contributed by atoms with Crippen LogP contribution in [0, 0.1) is 5.92 Å². The van der Waals surface area contributed by atoms with Crippen LogP contribution in [-0.4, -0.2) is 37.2 Å². The number of ether oxygens (including phenoxy) is 1. The summed E-state index contributed by atoms with van der Waals surface area (Å²) in [5.74, 6) is 1.43. The second-order valence-corrected chi connectivity index (χ2v) is 7.06. The fraction of sp³-hybridized carbons (Fsp3) is 0.400. The highest BCUT2D eigenvalue weighted by molar-refractivity contribution is 5.85. The van der Waals surface area contributed by atoms with Gasteiger partial charge in [0, 0.05) is 37.8 Å². The minimum Gasteiger partial charge on any atom is -0.484 e. The Labute approximate surface area is 164 Å². The van der Waals surface area contributed by atoms with Crippen LogP contribution in [0.2, 0.25) is 0 Å². The number of hydrogen-bond donors (Lipinski definition) is 2. The number of rotatable bonds is 4. The Morgan fingerprint density at radius 2 is 2.00 bits per heavy atom. The molecule has 0 saturated carbocycles. The lowest BCUT2D eigenvalue weighted by Crippen LogP contribution is -2.44. The van der Waals surface area contributed by atoms with Gasteiger partial charge in [-0.2, -0.15) is 0 Å². The quantitative estimate of drug-likeness (QED) is 0.836. The predicted octanol–water partition coefficient (Wildman–Crippen LogP) is 1.77. The molecule has 1 aromatic heterocycles. The van der Waals surface area contributed by atoms with Crippen LogP contribution in [0.15, 0.2) is 41.2 Å². The highest BCUT2D eigenvalue weighted by atomic mass is 35.5. The number of carbonyl (C=O) groups excluding carboxylic acids is 1. The van der Waals surface area contributed by atoms with Crippen molar-refractivity contribution in [1.29, 1.82) is 0 Å². The summed E-state index contributed by atoms with van der Waals surface area (Å²) in [4.78, 5) is 23.9. The molecule has 1 aromatic carbocycles. The zero-order valence-electron chi connectivity index (χ0n) is 15.2. The largest absolute Gasteiger partial charge is 0.484 e. The summed E-state index contributed by atoms with van der Waals surface area (Å²) in [6.07, 6.45) is 1.15. The molecule has 0 radical (unpaired) electrons. The minimum atomic E-state index is -0.170. The molecule has 2 atom stereocenters. The van der Waals surface area contributed by atoms with E-state index in [1.54, 1.807) is 13.1 Å². The highest BCUT2D eigenvalue weighted by Gasteiger charge is 2.31. The van der Waals surface area contributed by atoms with Crippen LogP contribution >= 0.6 is 12.4 Å². The number of fused-ring (bicyclic) bond motifs is 4. The summed E-state index contributed by atoms with van der Waals surface area (Å²) < 4.78 is 7.38. The first-order chi connectivity index (χ1) is 12.6. The van der Waals surface area contributed by atoms with Gasteiger partial charge in [0.2, 0.25) is 0 Å². The lowest BCUT2D eigenvalue weighted by atomic mass is 9.83. The number of hydrogen-bond acceptors (Lipinski definition) is 4. The van der Waals surface area contributed by atoms with Gasteiger partial charge in [0.1, 0.15) is 5.75 Å². The van der Waals surface area contributed by atoms with Gasteiger partial charge < -0.3 is 19.9 Å². The van der Waals surface area contributed by atoms with Crippen LogP contribution in [-0.2, 0) is 11.3 Å². The SMILES string of the molecule is CNC(=O)COc1ccc(-c2cc3n(c(=O)c2)C[C@@H]2CNC[C@H]3C2)cc1.Cl. The second kappa shape index (κ2) is 8.15. The van der Waals surface area contributed by atoms with Gasteiger partial charge in [-0.3, -0.25) is 9.59 Å². The molecule has 2 aromatic rings. The average Bonchev–Trinajstić information content (AvgIpc) is 2.67. The van der Waals surface area contributed by atoms with Crippen molar-refractivity contribution < 1.29 is 9.53 Å². The van der Waals surface area contributed by atoms with E-state index in [0.29, 0.717) is 17.6 Å². The van der Waals surface area contributed by atoms with Crippen molar-refractivity contribution in [1.82, 2.24) is 15.2 Å². The first kappa shape index (κ1) is 19.5. The maximum atomic E-state index is 12.6. The maximum Gasteiger partial charge on any atom is 0.257 e. The van der Waals surface area contributed by atoms with Gasteiger partial charge in [0.05, 0.1) is 0 Å². The highest BCUT2D eigenvalue weighted by Crippen LogP contribution is 2.33. The topological polar surface area (TPSA) is 72.4 Å². The molecule has 7 heteroatoms. The molecule has 2 aliphatic heterocycles. The van der Waals surface area contributed by atoms with Crippen LogP contribution in [0.4, 0.5) is 0 Å². The second-order valence-electron chi connectivity index (χ2n) is 7.06. The third kappa shape index (κ3) is 4.01. The Hall–Kier alpha value is -2.31. The number of amides is 1. The lowest BCUT2D eigenvalue weighted by molar-refractivity contribution is -0.122. The molecule has 2 aliphatic rings. The number of likely N-dealkylation sites (N-methyl/N-ethyl adjacent to an activating group) is 1. The van der Waals surface area contributed by atoms with Crippen molar-refractivity contribution in [2.24, 2.45) is 5.92 Å². The Morgan fingerprint density at radius 3 is 2.74 bits per heavy atom. The minimum absolute atomic E-state index is 0. The van der Waals surface area contributed by atoms with Crippen LogP contribution in [0.25, 0.3) is 11.1 Å². The number of halogens is 1. The predicted molar refractivity (Wildman–Crippen MR) is 107 cm³/mol. The number of nitrogens with zero attached hydrogens (tertiary/aromatic N) is 1. The third-order valence-corrected chi connectivity index (χ3v) is 5.30. The molecule has 0 aliphatic carbocycles. The summed E-state index contributed by atoms with van der Waals surface area (Å²) in [5, 5.41) is 6.00. The van der Waals surface area contributed by atoms with Crippen molar-refractivity contribution in [3.8, 4) is 16.9 Å². The zero-order chi connectivity index (χ0) is 18.1. The molecular weight excluding hydrogens is 366 g/mol. The van der Waals surface area contributed by atoms with Crippen molar-refractivity contribution >= 4 is 18.3 Å². The van der Waals surface area contributed by atoms with Crippen LogP contribution < -0.4 is 20.9 Å². The number of piperidine rings is 1. The Bertz CT molecular complexity index is 879. The molecule has 6 nitrogen and oxygen atoms in total. The van der Waals surface area contributed by atoms with E-state index < -0.39 is 0 Å². The third-order valence-electron chi connectivity index (χ3n) is 5.30. The van der Waals surface area contributed by atoms with Crippen molar-refractivity contribution in [2.45, 2.75) is 18.9 Å². The maximum absolute atomic E-state index is 12.6. The monoisotopic (exact) mass is 389 g/mol. The van der Waals surface area contributed by atoms with Crippen LogP contribution in [0.1, 0.15) is 18.0 Å². The van der Waals surface area contributed by atoms with Gasteiger partial charge in [-0.25, -0.2) is 0 Å². The van der Waals surface area contributed by atoms with Crippen molar-refractivity contribution in [3.05, 3.63) is 52.4 Å². The van der Waals surface area contributed by atoms with Gasteiger partial charge in [0.15, 0.2) is 6.61 Å². The van der Waals surface area contributed by atoms with Gasteiger partial charge in [-0.1, -0.05) is 12.1 Å². The Kier molecular flexibility index (Phi) is 5.87. The zero-order valence-corrected chi connectivity index (χ0v) is 16.1. The molecule has 2 bridgehead atoms. The molecule has 1 amide bonds. The number of aromatic nitrogens is 1. The van der Waals surface area contributed by atoms with Crippen LogP contribution in [0.5, 0.6) is 5.75 Å². The first-order valence-corrected chi connectivity index (χ1v) is 9.03. The van der Waals surface area contributed by atoms with E-state index in [1.165, 1.54) is 0 Å². The first-order valence-electron chi connectivity index (χ1n) is 9.03. The molecule has 1 saturated heterocycles. The molecule has 144 valence electrons. The van der Waals surface area contributed by atoms with E-state index >= 15 is 0 Å². The summed E-state index contributed by atoms with van der Waals surface area (Å²) in [6, 6.07) is 11.4.